The zero-order valence-corrected chi connectivity index (χ0v) is 13.6. The molecule has 2 heterocycles. The second-order valence-electron chi connectivity index (χ2n) is 5.29. The van der Waals surface area contributed by atoms with Crippen LogP contribution in [0.3, 0.4) is 0 Å². The van der Waals surface area contributed by atoms with Crippen molar-refractivity contribution < 1.29 is 9.90 Å². The Hall–Kier alpha value is -0.390. The first kappa shape index (κ1) is 15.0. The van der Waals surface area contributed by atoms with Crippen molar-refractivity contribution in [1.82, 2.24) is 4.90 Å². The van der Waals surface area contributed by atoms with Crippen LogP contribution in [0.4, 0.5) is 0 Å². The van der Waals surface area contributed by atoms with Gasteiger partial charge in [0, 0.05) is 33.7 Å². The van der Waals surface area contributed by atoms with E-state index < -0.39 is 5.97 Å². The molecule has 0 saturated carbocycles. The average molecular weight is 346 g/mol. The Balaban J connectivity index is 1.85. The minimum atomic E-state index is -0.671. The van der Waals surface area contributed by atoms with Gasteiger partial charge in [-0.25, -0.2) is 0 Å². The molecule has 19 heavy (non-hydrogen) atoms. The minimum Gasteiger partial charge on any atom is -0.481 e. The fraction of sp³-hybridized carbons (Fsp3) is 0.643. The largest absolute Gasteiger partial charge is 0.481 e. The number of aryl methyl sites for hydroxylation is 1. The third-order valence-corrected chi connectivity index (χ3v) is 5.78. The van der Waals surface area contributed by atoms with E-state index in [4.69, 9.17) is 5.11 Å². The summed E-state index contributed by atoms with van der Waals surface area (Å²) in [7, 11) is 0. The predicted octanol–water partition coefficient (Wildman–Crippen LogP) is 3.90. The maximum absolute atomic E-state index is 10.6. The summed E-state index contributed by atoms with van der Waals surface area (Å²) in [5.74, 6) is -0.121. The van der Waals surface area contributed by atoms with Gasteiger partial charge >= 0.3 is 5.97 Å². The van der Waals surface area contributed by atoms with Crippen molar-refractivity contribution in [3.8, 4) is 0 Å². The molecule has 1 unspecified atom stereocenters. The average Bonchev–Trinajstić information content (AvgIpc) is 2.66. The lowest BCUT2D eigenvalue weighted by molar-refractivity contribution is -0.137. The standard InChI is InChI=1S/C14H20BrNO2S/c1-10-13(15)7-12(19-10)9-16-6-2-3-11(8-16)4-5-14(17)18/h7,11H,2-6,8-9H2,1H3,(H,17,18). The second kappa shape index (κ2) is 6.86. The highest BCUT2D eigenvalue weighted by molar-refractivity contribution is 9.10. The van der Waals surface area contributed by atoms with Crippen LogP contribution < -0.4 is 0 Å². The SMILES string of the molecule is Cc1sc(CN2CCCC(CCC(=O)O)C2)cc1Br. The number of thiophene rings is 1. The maximum atomic E-state index is 10.6. The van der Waals surface area contributed by atoms with Crippen molar-refractivity contribution in [2.75, 3.05) is 13.1 Å². The van der Waals surface area contributed by atoms with E-state index in [1.165, 1.54) is 27.1 Å². The van der Waals surface area contributed by atoms with Gasteiger partial charge in [-0.05, 0) is 60.6 Å². The Morgan fingerprint density at radius 1 is 1.63 bits per heavy atom. The maximum Gasteiger partial charge on any atom is 0.303 e. The summed E-state index contributed by atoms with van der Waals surface area (Å²) >= 11 is 5.40. The number of aliphatic carboxylic acids is 1. The summed E-state index contributed by atoms with van der Waals surface area (Å²) in [5, 5.41) is 8.76. The van der Waals surface area contributed by atoms with Crippen LogP contribution in [0.15, 0.2) is 10.5 Å². The lowest BCUT2D eigenvalue weighted by atomic mass is 9.93. The van der Waals surface area contributed by atoms with Gasteiger partial charge in [-0.2, -0.15) is 0 Å². The van der Waals surface area contributed by atoms with E-state index in [2.05, 4.69) is 33.8 Å². The van der Waals surface area contributed by atoms with E-state index in [1.54, 1.807) is 0 Å². The van der Waals surface area contributed by atoms with Crippen LogP contribution in [-0.4, -0.2) is 29.1 Å². The van der Waals surface area contributed by atoms with Gasteiger partial charge in [0.05, 0.1) is 0 Å². The van der Waals surface area contributed by atoms with E-state index in [0.717, 1.165) is 26.1 Å². The Bertz CT molecular complexity index is 427. The molecule has 0 aliphatic carbocycles. The zero-order chi connectivity index (χ0) is 13.8. The number of likely N-dealkylation sites (tertiary alicyclic amines) is 1. The first-order chi connectivity index (χ1) is 9.04. The highest BCUT2D eigenvalue weighted by atomic mass is 79.9. The molecular formula is C14H20BrNO2S. The number of halogens is 1. The molecule has 1 aliphatic rings. The highest BCUT2D eigenvalue weighted by Gasteiger charge is 2.21. The monoisotopic (exact) mass is 345 g/mol. The van der Waals surface area contributed by atoms with Crippen molar-refractivity contribution in [3.63, 3.8) is 0 Å². The van der Waals surface area contributed by atoms with Gasteiger partial charge in [0.25, 0.3) is 0 Å². The van der Waals surface area contributed by atoms with Crippen LogP contribution in [-0.2, 0) is 11.3 Å². The van der Waals surface area contributed by atoms with Gasteiger partial charge in [0.15, 0.2) is 0 Å². The molecule has 1 aromatic rings. The summed E-state index contributed by atoms with van der Waals surface area (Å²) in [6, 6.07) is 2.21. The van der Waals surface area contributed by atoms with Crippen molar-refractivity contribution in [2.45, 2.75) is 39.2 Å². The first-order valence-corrected chi connectivity index (χ1v) is 8.34. The number of nitrogens with zero attached hydrogens (tertiary/aromatic N) is 1. The molecule has 0 aromatic carbocycles. The number of carbonyl (C=O) groups is 1. The number of hydrogen-bond acceptors (Lipinski definition) is 3. The Morgan fingerprint density at radius 2 is 2.42 bits per heavy atom. The van der Waals surface area contributed by atoms with Gasteiger partial charge in [0.1, 0.15) is 0 Å². The van der Waals surface area contributed by atoms with Gasteiger partial charge in [-0.3, -0.25) is 9.69 Å². The van der Waals surface area contributed by atoms with Gasteiger partial charge in [-0.15, -0.1) is 11.3 Å². The number of carboxylic acid groups (broad SMARTS) is 1. The highest BCUT2D eigenvalue weighted by Crippen LogP contribution is 2.29. The fourth-order valence-electron chi connectivity index (χ4n) is 2.67. The number of piperidine rings is 1. The summed E-state index contributed by atoms with van der Waals surface area (Å²) < 4.78 is 1.20. The van der Waals surface area contributed by atoms with E-state index >= 15 is 0 Å². The number of rotatable bonds is 5. The molecule has 3 nitrogen and oxygen atoms in total. The van der Waals surface area contributed by atoms with Gasteiger partial charge in [-0.1, -0.05) is 0 Å². The summed E-state index contributed by atoms with van der Waals surface area (Å²) in [6.45, 7) is 5.31. The number of carboxylic acids is 1. The summed E-state index contributed by atoms with van der Waals surface area (Å²) in [5.41, 5.74) is 0. The van der Waals surface area contributed by atoms with E-state index in [1.807, 2.05) is 11.3 Å². The van der Waals surface area contributed by atoms with Crippen molar-refractivity contribution in [1.29, 1.82) is 0 Å². The van der Waals surface area contributed by atoms with Crippen LogP contribution in [0.1, 0.15) is 35.4 Å². The van der Waals surface area contributed by atoms with Crippen molar-refractivity contribution >= 4 is 33.2 Å². The smallest absolute Gasteiger partial charge is 0.303 e. The van der Waals surface area contributed by atoms with Crippen LogP contribution in [0, 0.1) is 12.8 Å². The topological polar surface area (TPSA) is 40.5 Å². The molecule has 1 fully saturated rings. The molecule has 0 radical (unpaired) electrons. The van der Waals surface area contributed by atoms with Gasteiger partial charge < -0.3 is 5.11 Å². The van der Waals surface area contributed by atoms with Gasteiger partial charge in [0.2, 0.25) is 0 Å². The lowest BCUT2D eigenvalue weighted by Gasteiger charge is -2.32. The molecule has 1 N–H and O–H groups in total. The first-order valence-electron chi connectivity index (χ1n) is 6.73. The zero-order valence-electron chi connectivity index (χ0n) is 11.2. The minimum absolute atomic E-state index is 0.308. The molecule has 1 saturated heterocycles. The molecular weight excluding hydrogens is 326 g/mol. The third-order valence-electron chi connectivity index (χ3n) is 3.66. The van der Waals surface area contributed by atoms with E-state index in [9.17, 15) is 4.79 Å². The van der Waals surface area contributed by atoms with E-state index in [0.29, 0.717) is 12.3 Å². The van der Waals surface area contributed by atoms with Crippen LogP contribution in [0.25, 0.3) is 0 Å². The van der Waals surface area contributed by atoms with Crippen LogP contribution in [0.2, 0.25) is 0 Å². The molecule has 0 amide bonds. The molecule has 1 atom stereocenters. The van der Waals surface area contributed by atoms with Crippen LogP contribution in [0.5, 0.6) is 0 Å². The quantitative estimate of drug-likeness (QED) is 0.879. The molecule has 1 aliphatic heterocycles. The normalized spacial score (nSPS) is 20.6. The molecule has 2 rings (SSSR count). The molecule has 1 aromatic heterocycles. The number of hydrogen-bond donors (Lipinski definition) is 1. The molecule has 5 heteroatoms. The van der Waals surface area contributed by atoms with E-state index in [-0.39, 0.29) is 0 Å². The summed E-state index contributed by atoms with van der Waals surface area (Å²) in [6.07, 6.45) is 3.49. The van der Waals surface area contributed by atoms with Crippen LogP contribution >= 0.6 is 27.3 Å². The predicted molar refractivity (Wildman–Crippen MR) is 81.6 cm³/mol. The molecule has 0 spiro atoms. The fourth-order valence-corrected chi connectivity index (χ4v) is 4.32. The third kappa shape index (κ3) is 4.58. The second-order valence-corrected chi connectivity index (χ2v) is 7.49. The lowest BCUT2D eigenvalue weighted by Crippen LogP contribution is -2.34. The Kier molecular flexibility index (Phi) is 5.42. The van der Waals surface area contributed by atoms with Crippen molar-refractivity contribution in [3.05, 3.63) is 20.3 Å². The Morgan fingerprint density at radius 3 is 3.05 bits per heavy atom. The molecule has 0 bridgehead atoms. The Labute approximate surface area is 126 Å². The molecule has 106 valence electrons. The summed E-state index contributed by atoms with van der Waals surface area (Å²) in [4.78, 5) is 15.8. The van der Waals surface area contributed by atoms with Crippen molar-refractivity contribution in [2.24, 2.45) is 5.92 Å².